The highest BCUT2D eigenvalue weighted by atomic mass is 16.6. The van der Waals surface area contributed by atoms with E-state index in [0.29, 0.717) is 0 Å². The van der Waals surface area contributed by atoms with E-state index in [2.05, 4.69) is 17.0 Å². The Kier molecular flexibility index (Phi) is 13.5. The lowest BCUT2D eigenvalue weighted by molar-refractivity contribution is -0.170. The van der Waals surface area contributed by atoms with Crippen LogP contribution >= 0.6 is 0 Å². The zero-order chi connectivity index (χ0) is 25.4. The van der Waals surface area contributed by atoms with Gasteiger partial charge in [0.1, 0.15) is 0 Å². The first-order valence-electron chi connectivity index (χ1n) is 11.9. The normalized spacial score (nSPS) is 12.5. The van der Waals surface area contributed by atoms with E-state index < -0.39 is 42.3 Å². The number of hydrogen-bond acceptors (Lipinski definition) is 7. The number of esters is 2. The summed E-state index contributed by atoms with van der Waals surface area (Å²) in [6.45, 7) is 3.02. The molecule has 1 rings (SSSR count). The molecular formula is C25H37NO8. The lowest BCUT2D eigenvalue weighted by Gasteiger charge is -2.19. The van der Waals surface area contributed by atoms with Gasteiger partial charge < -0.3 is 25.4 Å². The number of hydrogen-bond donors (Lipinski definition) is 4. The second-order valence-electron chi connectivity index (χ2n) is 8.53. The fourth-order valence-corrected chi connectivity index (χ4v) is 3.47. The minimum atomic E-state index is -2.86. The number of nitrogens with one attached hydrogen (secondary N) is 1. The molecule has 9 nitrogen and oxygen atoms in total. The zero-order valence-corrected chi connectivity index (χ0v) is 19.9. The predicted octanol–water partition coefficient (Wildman–Crippen LogP) is 4.38. The van der Waals surface area contributed by atoms with E-state index in [1.54, 1.807) is 12.1 Å². The number of carbonyl (C=O) groups is 4. The lowest BCUT2D eigenvalue weighted by atomic mass is 9.96. The van der Waals surface area contributed by atoms with Gasteiger partial charge in [0.05, 0.1) is 18.4 Å². The first kappa shape index (κ1) is 29.1. The van der Waals surface area contributed by atoms with Gasteiger partial charge in [0.15, 0.2) is 5.60 Å². The third-order valence-electron chi connectivity index (χ3n) is 5.47. The number of aliphatic carboxylic acids is 2. The smallest absolute Gasteiger partial charge is 0.345 e. The third kappa shape index (κ3) is 11.8. The minimum Gasteiger partial charge on any atom is -0.481 e. The number of rotatable bonds is 18. The number of ether oxygens (including phenoxy) is 1. The summed E-state index contributed by atoms with van der Waals surface area (Å²) in [5.41, 5.74) is -1.98. The van der Waals surface area contributed by atoms with Crippen LogP contribution in [-0.4, -0.2) is 51.3 Å². The maximum absolute atomic E-state index is 12.1. The Morgan fingerprint density at radius 1 is 0.824 bits per heavy atom. The Hall–Kier alpha value is -2.94. The average Bonchev–Trinajstić information content (AvgIpc) is 2.77. The van der Waals surface area contributed by atoms with E-state index in [1.807, 2.05) is 0 Å². The molecule has 0 radical (unpaired) electrons. The van der Waals surface area contributed by atoms with E-state index in [-0.39, 0.29) is 5.56 Å². The Morgan fingerprint density at radius 3 is 1.85 bits per heavy atom. The molecule has 0 aliphatic heterocycles. The summed E-state index contributed by atoms with van der Waals surface area (Å²) in [4.78, 5) is 45.8. The molecule has 0 aromatic heterocycles. The van der Waals surface area contributed by atoms with Gasteiger partial charge in [0.2, 0.25) is 0 Å². The van der Waals surface area contributed by atoms with Crippen molar-refractivity contribution in [3.05, 3.63) is 29.8 Å². The third-order valence-corrected chi connectivity index (χ3v) is 5.47. The highest BCUT2D eigenvalue weighted by Crippen LogP contribution is 2.18. The second-order valence-corrected chi connectivity index (χ2v) is 8.53. The predicted molar refractivity (Wildman–Crippen MR) is 127 cm³/mol. The first-order chi connectivity index (χ1) is 16.2. The summed E-state index contributed by atoms with van der Waals surface area (Å²) >= 11 is 0. The van der Waals surface area contributed by atoms with E-state index in [4.69, 9.17) is 10.2 Å². The standard InChI is InChI=1S/C25H37NO8/c1-2-3-4-5-6-7-8-9-10-11-16-26-20-14-12-19(13-15-20)23(30)34-22(29)18-25(33,24(31)32)17-21(27)28/h12-15,26,33H,2-11,16-18H2,1H3,(H,27,28)(H,31,32). The van der Waals surface area contributed by atoms with E-state index in [0.717, 1.165) is 25.1 Å². The molecule has 0 fully saturated rings. The summed E-state index contributed by atoms with van der Waals surface area (Å²) in [6, 6.07) is 6.24. The highest BCUT2D eigenvalue weighted by molar-refractivity contribution is 5.98. The van der Waals surface area contributed by atoms with Crippen LogP contribution in [0.3, 0.4) is 0 Å². The molecule has 0 saturated heterocycles. The van der Waals surface area contributed by atoms with Gasteiger partial charge in [-0.25, -0.2) is 9.59 Å². The van der Waals surface area contributed by atoms with E-state index in [1.165, 1.54) is 63.5 Å². The molecule has 34 heavy (non-hydrogen) atoms. The van der Waals surface area contributed by atoms with Crippen molar-refractivity contribution in [3.63, 3.8) is 0 Å². The molecule has 9 heteroatoms. The van der Waals surface area contributed by atoms with Crippen molar-refractivity contribution in [1.29, 1.82) is 0 Å². The Morgan fingerprint density at radius 2 is 1.35 bits per heavy atom. The average molecular weight is 480 g/mol. The number of carboxylic acid groups (broad SMARTS) is 2. The van der Waals surface area contributed by atoms with Crippen LogP contribution in [0.2, 0.25) is 0 Å². The van der Waals surface area contributed by atoms with Crippen LogP contribution in [0.4, 0.5) is 5.69 Å². The zero-order valence-electron chi connectivity index (χ0n) is 19.9. The van der Waals surface area contributed by atoms with E-state index in [9.17, 15) is 24.3 Å². The number of carbonyl (C=O) groups excluding carboxylic acids is 2. The summed E-state index contributed by atoms with van der Waals surface area (Å²) in [6.07, 6.45) is 10.2. The molecule has 0 spiro atoms. The van der Waals surface area contributed by atoms with E-state index >= 15 is 0 Å². The van der Waals surface area contributed by atoms with Crippen LogP contribution in [0.5, 0.6) is 0 Å². The molecule has 0 aliphatic carbocycles. The molecule has 0 heterocycles. The van der Waals surface area contributed by atoms with Gasteiger partial charge >= 0.3 is 23.9 Å². The summed E-state index contributed by atoms with van der Waals surface area (Å²) in [7, 11) is 0. The van der Waals surface area contributed by atoms with Gasteiger partial charge in [-0.2, -0.15) is 0 Å². The van der Waals surface area contributed by atoms with Crippen LogP contribution in [0.1, 0.15) is 94.3 Å². The van der Waals surface area contributed by atoms with Crippen LogP contribution < -0.4 is 5.32 Å². The van der Waals surface area contributed by atoms with Gasteiger partial charge in [-0.15, -0.1) is 0 Å². The SMILES string of the molecule is CCCCCCCCCCCCNc1ccc(C(=O)OC(=O)CC(O)(CC(=O)O)C(=O)O)cc1. The maximum Gasteiger partial charge on any atom is 0.345 e. The van der Waals surface area contributed by atoms with Crippen LogP contribution in [0.15, 0.2) is 24.3 Å². The number of aliphatic hydroxyl groups is 1. The highest BCUT2D eigenvalue weighted by Gasteiger charge is 2.42. The molecule has 0 aliphatic rings. The molecule has 1 aromatic carbocycles. The molecule has 0 saturated carbocycles. The number of carboxylic acids is 2. The van der Waals surface area contributed by atoms with Gasteiger partial charge in [0, 0.05) is 12.2 Å². The van der Waals surface area contributed by atoms with Crippen molar-refractivity contribution in [2.75, 3.05) is 11.9 Å². The summed E-state index contributed by atoms with van der Waals surface area (Å²) < 4.78 is 4.56. The van der Waals surface area contributed by atoms with Crippen LogP contribution in [0, 0.1) is 0 Å². The van der Waals surface area contributed by atoms with Crippen molar-refractivity contribution in [2.45, 2.75) is 89.6 Å². The fourth-order valence-electron chi connectivity index (χ4n) is 3.47. The number of unbranched alkanes of at least 4 members (excludes halogenated alkanes) is 9. The minimum absolute atomic E-state index is 0.0648. The fraction of sp³-hybridized carbons (Fsp3) is 0.600. The molecular weight excluding hydrogens is 442 g/mol. The van der Waals surface area contributed by atoms with Crippen molar-refractivity contribution >= 4 is 29.6 Å². The second kappa shape index (κ2) is 15.8. The van der Waals surface area contributed by atoms with Crippen molar-refractivity contribution in [1.82, 2.24) is 0 Å². The Labute approximate surface area is 200 Å². The van der Waals surface area contributed by atoms with Crippen molar-refractivity contribution in [3.8, 4) is 0 Å². The monoisotopic (exact) mass is 479 g/mol. The molecule has 1 atom stereocenters. The maximum atomic E-state index is 12.1. The number of anilines is 1. The molecule has 1 aromatic rings. The van der Waals surface area contributed by atoms with Crippen LogP contribution in [-0.2, 0) is 19.1 Å². The lowest BCUT2D eigenvalue weighted by Crippen LogP contribution is -2.43. The van der Waals surface area contributed by atoms with Crippen molar-refractivity contribution < 1.29 is 39.2 Å². The molecule has 190 valence electrons. The van der Waals surface area contributed by atoms with Crippen molar-refractivity contribution in [2.24, 2.45) is 0 Å². The topological polar surface area (TPSA) is 150 Å². The largest absolute Gasteiger partial charge is 0.481 e. The van der Waals surface area contributed by atoms with Crippen LogP contribution in [0.25, 0.3) is 0 Å². The van der Waals surface area contributed by atoms with Gasteiger partial charge in [-0.3, -0.25) is 9.59 Å². The Balaban J connectivity index is 2.32. The van der Waals surface area contributed by atoms with Gasteiger partial charge in [0.25, 0.3) is 0 Å². The molecule has 0 amide bonds. The van der Waals surface area contributed by atoms with Gasteiger partial charge in [-0.1, -0.05) is 64.7 Å². The molecule has 4 N–H and O–H groups in total. The van der Waals surface area contributed by atoms with Gasteiger partial charge in [-0.05, 0) is 30.7 Å². The molecule has 0 bridgehead atoms. The summed E-state index contributed by atoms with van der Waals surface area (Å²) in [5.74, 6) is -5.85. The first-order valence-corrected chi connectivity index (χ1v) is 11.9. The quantitative estimate of drug-likeness (QED) is 0.137. The molecule has 1 unspecified atom stereocenters. The summed E-state index contributed by atoms with van der Waals surface area (Å²) in [5, 5.41) is 30.8. The Bertz CT molecular complexity index is 793. The number of benzene rings is 1.